The lowest BCUT2D eigenvalue weighted by atomic mass is 10.2. The van der Waals surface area contributed by atoms with Crippen LogP contribution in [0.4, 0.5) is 0 Å². The zero-order chi connectivity index (χ0) is 14.5. The van der Waals surface area contributed by atoms with Crippen molar-refractivity contribution in [2.75, 3.05) is 13.1 Å². The van der Waals surface area contributed by atoms with Crippen molar-refractivity contribution in [2.45, 2.75) is 25.4 Å². The Morgan fingerprint density at radius 2 is 2.18 bits per heavy atom. The van der Waals surface area contributed by atoms with Crippen LogP contribution >= 0.6 is 12.4 Å². The van der Waals surface area contributed by atoms with Gasteiger partial charge in [-0.25, -0.2) is 0 Å². The summed E-state index contributed by atoms with van der Waals surface area (Å²) in [4.78, 5) is 12.1. The van der Waals surface area contributed by atoms with Crippen LogP contribution in [0.25, 0.3) is 0 Å². The summed E-state index contributed by atoms with van der Waals surface area (Å²) in [5.41, 5.74) is 1.78. The fourth-order valence-electron chi connectivity index (χ4n) is 2.59. The molecule has 0 aliphatic carbocycles. The minimum atomic E-state index is -0.0528. The van der Waals surface area contributed by atoms with Gasteiger partial charge in [0.25, 0.3) is 5.91 Å². The molecule has 1 aliphatic rings. The maximum absolute atomic E-state index is 12.1. The monoisotopic (exact) mass is 320 g/mol. The van der Waals surface area contributed by atoms with Crippen LogP contribution in [0.5, 0.6) is 0 Å². The second-order valence-corrected chi connectivity index (χ2v) is 5.42. The third-order valence-corrected chi connectivity index (χ3v) is 3.75. The van der Waals surface area contributed by atoms with Gasteiger partial charge in [-0.2, -0.15) is 5.10 Å². The average molecular weight is 321 g/mol. The van der Waals surface area contributed by atoms with E-state index < -0.39 is 0 Å². The van der Waals surface area contributed by atoms with E-state index in [-0.39, 0.29) is 18.3 Å². The molecule has 6 heteroatoms. The van der Waals surface area contributed by atoms with Crippen molar-refractivity contribution >= 4 is 18.3 Å². The van der Waals surface area contributed by atoms with Crippen LogP contribution in [0.1, 0.15) is 28.8 Å². The minimum absolute atomic E-state index is 0. The summed E-state index contributed by atoms with van der Waals surface area (Å²) in [5, 5.41) is 10.6. The second kappa shape index (κ2) is 7.96. The molecule has 5 nitrogen and oxygen atoms in total. The van der Waals surface area contributed by atoms with Gasteiger partial charge in [0.2, 0.25) is 0 Å². The van der Waals surface area contributed by atoms with E-state index in [1.165, 1.54) is 12.0 Å². The maximum atomic E-state index is 12.1. The molecule has 1 aromatic carbocycles. The molecule has 0 spiro atoms. The van der Waals surface area contributed by atoms with E-state index in [4.69, 9.17) is 0 Å². The van der Waals surface area contributed by atoms with E-state index in [0.29, 0.717) is 24.7 Å². The molecule has 2 aromatic rings. The molecule has 1 unspecified atom stereocenters. The van der Waals surface area contributed by atoms with Crippen LogP contribution in [0.15, 0.2) is 42.7 Å². The summed E-state index contributed by atoms with van der Waals surface area (Å²) >= 11 is 0. The average Bonchev–Trinajstić information content (AvgIpc) is 3.17. The number of benzene rings is 1. The van der Waals surface area contributed by atoms with Gasteiger partial charge in [-0.1, -0.05) is 30.3 Å². The van der Waals surface area contributed by atoms with Crippen molar-refractivity contribution in [3.63, 3.8) is 0 Å². The number of aromatic nitrogens is 2. The number of rotatable bonds is 5. The predicted molar refractivity (Wildman–Crippen MR) is 88.4 cm³/mol. The molecule has 3 rings (SSSR count). The van der Waals surface area contributed by atoms with Crippen LogP contribution in [-0.4, -0.2) is 34.8 Å². The standard InChI is InChI=1S/C16H20N4O.ClH/c21-16(18-10-15-7-4-8-17-15)14-9-19-20(12-14)11-13-5-2-1-3-6-13;/h1-3,5-6,9,12,15,17H,4,7-8,10-11H2,(H,18,21);1H. The van der Waals surface area contributed by atoms with Crippen molar-refractivity contribution in [3.05, 3.63) is 53.9 Å². The lowest BCUT2D eigenvalue weighted by Crippen LogP contribution is -2.37. The van der Waals surface area contributed by atoms with Crippen LogP contribution < -0.4 is 10.6 Å². The number of amides is 1. The quantitative estimate of drug-likeness (QED) is 0.883. The summed E-state index contributed by atoms with van der Waals surface area (Å²) in [6, 6.07) is 10.5. The summed E-state index contributed by atoms with van der Waals surface area (Å²) in [6.45, 7) is 2.41. The SMILES string of the molecule is Cl.O=C(NCC1CCCN1)c1cnn(Cc2ccccc2)c1. The summed E-state index contributed by atoms with van der Waals surface area (Å²) in [7, 11) is 0. The molecule has 1 amide bonds. The number of carbonyl (C=O) groups excluding carboxylic acids is 1. The fraction of sp³-hybridized carbons (Fsp3) is 0.375. The van der Waals surface area contributed by atoms with Crippen LogP contribution in [-0.2, 0) is 6.54 Å². The lowest BCUT2D eigenvalue weighted by molar-refractivity contribution is 0.0950. The summed E-state index contributed by atoms with van der Waals surface area (Å²) in [6.07, 6.45) is 5.74. The van der Waals surface area contributed by atoms with E-state index in [2.05, 4.69) is 15.7 Å². The first kappa shape index (κ1) is 16.5. The Hall–Kier alpha value is -1.85. The van der Waals surface area contributed by atoms with Gasteiger partial charge in [-0.05, 0) is 24.9 Å². The maximum Gasteiger partial charge on any atom is 0.254 e. The highest BCUT2D eigenvalue weighted by Gasteiger charge is 2.15. The number of hydrogen-bond donors (Lipinski definition) is 2. The molecule has 1 fully saturated rings. The zero-order valence-electron chi connectivity index (χ0n) is 12.4. The van der Waals surface area contributed by atoms with Gasteiger partial charge in [0, 0.05) is 18.8 Å². The molecule has 0 saturated carbocycles. The van der Waals surface area contributed by atoms with Gasteiger partial charge in [-0.3, -0.25) is 9.48 Å². The second-order valence-electron chi connectivity index (χ2n) is 5.42. The van der Waals surface area contributed by atoms with Crippen molar-refractivity contribution in [2.24, 2.45) is 0 Å². The first-order chi connectivity index (χ1) is 10.3. The topological polar surface area (TPSA) is 59.0 Å². The van der Waals surface area contributed by atoms with Gasteiger partial charge < -0.3 is 10.6 Å². The normalized spacial score (nSPS) is 17.0. The molecule has 0 radical (unpaired) electrons. The first-order valence-corrected chi connectivity index (χ1v) is 7.39. The molecular formula is C16H21ClN4O. The lowest BCUT2D eigenvalue weighted by Gasteiger charge is -2.10. The molecule has 1 atom stereocenters. The highest BCUT2D eigenvalue weighted by molar-refractivity contribution is 5.93. The Balaban J connectivity index is 0.00000176. The molecule has 1 aliphatic heterocycles. The highest BCUT2D eigenvalue weighted by Crippen LogP contribution is 2.06. The molecule has 1 saturated heterocycles. The molecule has 2 N–H and O–H groups in total. The van der Waals surface area contributed by atoms with E-state index >= 15 is 0 Å². The molecular weight excluding hydrogens is 300 g/mol. The first-order valence-electron chi connectivity index (χ1n) is 7.39. The van der Waals surface area contributed by atoms with Crippen molar-refractivity contribution in [1.82, 2.24) is 20.4 Å². The molecule has 0 bridgehead atoms. The molecule has 1 aromatic heterocycles. The smallest absolute Gasteiger partial charge is 0.254 e. The molecule has 22 heavy (non-hydrogen) atoms. The van der Waals surface area contributed by atoms with Crippen LogP contribution in [0.2, 0.25) is 0 Å². The Morgan fingerprint density at radius 3 is 2.91 bits per heavy atom. The van der Waals surface area contributed by atoms with Crippen molar-refractivity contribution in [1.29, 1.82) is 0 Å². The highest BCUT2D eigenvalue weighted by atomic mass is 35.5. The Labute approximate surface area is 136 Å². The molecule has 118 valence electrons. The molecule has 2 heterocycles. The minimum Gasteiger partial charge on any atom is -0.350 e. The number of hydrogen-bond acceptors (Lipinski definition) is 3. The number of halogens is 1. The van der Waals surface area contributed by atoms with Gasteiger partial charge in [0.05, 0.1) is 18.3 Å². The van der Waals surface area contributed by atoms with Crippen LogP contribution in [0, 0.1) is 0 Å². The zero-order valence-corrected chi connectivity index (χ0v) is 13.2. The van der Waals surface area contributed by atoms with Gasteiger partial charge in [0.1, 0.15) is 0 Å². The van der Waals surface area contributed by atoms with E-state index in [1.807, 2.05) is 30.3 Å². The van der Waals surface area contributed by atoms with Crippen LogP contribution in [0.3, 0.4) is 0 Å². The Bertz CT molecular complexity index is 593. The van der Waals surface area contributed by atoms with E-state index in [9.17, 15) is 4.79 Å². The number of nitrogens with one attached hydrogen (secondary N) is 2. The van der Waals surface area contributed by atoms with Gasteiger partial charge >= 0.3 is 0 Å². The van der Waals surface area contributed by atoms with Crippen molar-refractivity contribution in [3.8, 4) is 0 Å². The third kappa shape index (κ3) is 4.32. The predicted octanol–water partition coefficient (Wildman–Crippen LogP) is 1.83. The number of nitrogens with zero attached hydrogens (tertiary/aromatic N) is 2. The Kier molecular flexibility index (Phi) is 5.98. The Morgan fingerprint density at radius 1 is 1.36 bits per heavy atom. The van der Waals surface area contributed by atoms with E-state index in [1.54, 1.807) is 17.1 Å². The largest absolute Gasteiger partial charge is 0.350 e. The fourth-order valence-corrected chi connectivity index (χ4v) is 2.59. The summed E-state index contributed by atoms with van der Waals surface area (Å²) in [5.74, 6) is -0.0528. The van der Waals surface area contributed by atoms with E-state index in [0.717, 1.165) is 13.0 Å². The van der Waals surface area contributed by atoms with Crippen molar-refractivity contribution < 1.29 is 4.79 Å². The summed E-state index contributed by atoms with van der Waals surface area (Å²) < 4.78 is 1.79. The van der Waals surface area contributed by atoms with Gasteiger partial charge in [0.15, 0.2) is 0 Å². The van der Waals surface area contributed by atoms with Gasteiger partial charge in [-0.15, -0.1) is 12.4 Å². The number of carbonyl (C=O) groups is 1. The third-order valence-electron chi connectivity index (χ3n) is 3.75.